The van der Waals surface area contributed by atoms with Crippen LogP contribution in [0.25, 0.3) is 0 Å². The Kier molecular flexibility index (Phi) is 5.05. The molecule has 0 atom stereocenters. The number of hydrogen-bond donors (Lipinski definition) is 1. The van der Waals surface area contributed by atoms with Gasteiger partial charge in [0.2, 0.25) is 0 Å². The molecule has 0 saturated heterocycles. The van der Waals surface area contributed by atoms with E-state index in [0.717, 1.165) is 9.13 Å². The maximum atomic E-state index is 13.9. The fraction of sp³-hybridized carbons (Fsp3) is 0.200. The van der Waals surface area contributed by atoms with Crippen LogP contribution in [0.5, 0.6) is 0 Å². The number of benzene rings is 1. The normalized spacial score (nSPS) is 10.3. The van der Waals surface area contributed by atoms with Gasteiger partial charge in [0.1, 0.15) is 5.82 Å². The summed E-state index contributed by atoms with van der Waals surface area (Å²) in [5, 5.41) is 2.75. The average Bonchev–Trinajstić information content (AvgIpc) is 2.43. The molecule has 1 aromatic carbocycles. The molecular formula is C15H14FIN2O. The number of carbonyl (C=O) groups excluding carboxylic acids is 1. The summed E-state index contributed by atoms with van der Waals surface area (Å²) in [4.78, 5) is 16.0. The molecule has 0 aliphatic rings. The van der Waals surface area contributed by atoms with Crippen LogP contribution < -0.4 is 5.32 Å². The molecule has 1 aromatic heterocycles. The number of hydrogen-bond acceptors (Lipinski definition) is 2. The summed E-state index contributed by atoms with van der Waals surface area (Å²) < 4.78 is 14.7. The largest absolute Gasteiger partial charge is 0.352 e. The Morgan fingerprint density at radius 1 is 1.35 bits per heavy atom. The Morgan fingerprint density at radius 3 is 2.85 bits per heavy atom. The summed E-state index contributed by atoms with van der Waals surface area (Å²) >= 11 is 2.06. The molecule has 0 aliphatic heterocycles. The van der Waals surface area contributed by atoms with E-state index < -0.39 is 0 Å². The van der Waals surface area contributed by atoms with E-state index in [0.29, 0.717) is 24.1 Å². The zero-order valence-electron chi connectivity index (χ0n) is 11.0. The predicted octanol–water partition coefficient (Wildman–Crippen LogP) is 3.17. The molecule has 5 heteroatoms. The third-order valence-electron chi connectivity index (χ3n) is 2.88. The highest BCUT2D eigenvalue weighted by atomic mass is 127. The Morgan fingerprint density at radius 2 is 2.15 bits per heavy atom. The minimum absolute atomic E-state index is 0.157. The van der Waals surface area contributed by atoms with E-state index in [1.165, 1.54) is 6.07 Å². The van der Waals surface area contributed by atoms with Gasteiger partial charge < -0.3 is 5.32 Å². The van der Waals surface area contributed by atoms with Crippen LogP contribution in [0.2, 0.25) is 0 Å². The Hall–Kier alpha value is -1.50. The van der Waals surface area contributed by atoms with Crippen molar-refractivity contribution >= 4 is 28.5 Å². The number of nitrogens with zero attached hydrogens (tertiary/aromatic N) is 1. The second kappa shape index (κ2) is 6.78. The number of halogens is 2. The molecule has 1 N–H and O–H groups in total. The van der Waals surface area contributed by atoms with Crippen molar-refractivity contribution in [1.82, 2.24) is 10.3 Å². The Balaban J connectivity index is 2.31. The quantitative estimate of drug-likeness (QED) is 0.823. The van der Waals surface area contributed by atoms with E-state index in [1.807, 2.05) is 13.0 Å². The topological polar surface area (TPSA) is 42.0 Å². The number of amides is 1. The molecule has 1 heterocycles. The molecule has 2 aromatic rings. The van der Waals surface area contributed by atoms with Gasteiger partial charge in [-0.05, 0) is 58.8 Å². The third kappa shape index (κ3) is 3.53. The molecule has 104 valence electrons. The van der Waals surface area contributed by atoms with Crippen LogP contribution in [0.1, 0.15) is 28.4 Å². The predicted molar refractivity (Wildman–Crippen MR) is 84.2 cm³/mol. The first-order valence-electron chi connectivity index (χ1n) is 6.26. The first-order chi connectivity index (χ1) is 9.61. The van der Waals surface area contributed by atoms with Gasteiger partial charge in [0.25, 0.3) is 5.91 Å². The highest BCUT2D eigenvalue weighted by Gasteiger charge is 2.12. The van der Waals surface area contributed by atoms with Crippen LogP contribution in [0.3, 0.4) is 0 Å². The summed E-state index contributed by atoms with van der Waals surface area (Å²) in [6, 6.07) is 6.73. The van der Waals surface area contributed by atoms with Gasteiger partial charge in [0.05, 0.1) is 0 Å². The number of rotatable bonds is 4. The van der Waals surface area contributed by atoms with Gasteiger partial charge in [-0.15, -0.1) is 0 Å². The van der Waals surface area contributed by atoms with E-state index in [4.69, 9.17) is 0 Å². The maximum Gasteiger partial charge on any atom is 0.251 e. The highest BCUT2D eigenvalue weighted by molar-refractivity contribution is 14.1. The molecule has 0 bridgehead atoms. The lowest BCUT2D eigenvalue weighted by Gasteiger charge is -2.09. The third-order valence-corrected chi connectivity index (χ3v) is 3.55. The lowest BCUT2D eigenvalue weighted by molar-refractivity contribution is 0.0955. The number of aromatic nitrogens is 1. The average molecular weight is 384 g/mol. The maximum absolute atomic E-state index is 13.9. The van der Waals surface area contributed by atoms with Crippen molar-refractivity contribution in [2.24, 2.45) is 0 Å². The lowest BCUT2D eigenvalue weighted by atomic mass is 10.0. The lowest BCUT2D eigenvalue weighted by Crippen LogP contribution is -2.24. The molecule has 0 radical (unpaired) electrons. The van der Waals surface area contributed by atoms with Crippen LogP contribution in [0.4, 0.5) is 4.39 Å². The van der Waals surface area contributed by atoms with Gasteiger partial charge >= 0.3 is 0 Å². The van der Waals surface area contributed by atoms with Crippen molar-refractivity contribution in [3.63, 3.8) is 0 Å². The van der Waals surface area contributed by atoms with Gasteiger partial charge in [-0.25, -0.2) is 4.39 Å². The van der Waals surface area contributed by atoms with Crippen LogP contribution in [0, 0.1) is 9.39 Å². The Labute approximate surface area is 130 Å². The first-order valence-corrected chi connectivity index (χ1v) is 7.34. The zero-order valence-corrected chi connectivity index (χ0v) is 13.1. The second-order valence-corrected chi connectivity index (χ2v) is 5.55. The fourth-order valence-corrected chi connectivity index (χ4v) is 2.37. The van der Waals surface area contributed by atoms with Crippen molar-refractivity contribution in [3.8, 4) is 0 Å². The van der Waals surface area contributed by atoms with Crippen molar-refractivity contribution < 1.29 is 9.18 Å². The summed E-state index contributed by atoms with van der Waals surface area (Å²) in [6.45, 7) is 2.41. The minimum Gasteiger partial charge on any atom is -0.352 e. The number of nitrogens with one attached hydrogen (secondary N) is 1. The molecule has 20 heavy (non-hydrogen) atoms. The van der Waals surface area contributed by atoms with Crippen LogP contribution >= 0.6 is 22.6 Å². The number of pyridine rings is 1. The van der Waals surface area contributed by atoms with Crippen LogP contribution in [-0.4, -0.2) is 17.4 Å². The summed E-state index contributed by atoms with van der Waals surface area (Å²) in [5.74, 6) is -0.418. The van der Waals surface area contributed by atoms with E-state index >= 15 is 0 Å². The molecule has 2 rings (SSSR count). The van der Waals surface area contributed by atoms with Gasteiger partial charge in [-0.3, -0.25) is 9.78 Å². The summed E-state index contributed by atoms with van der Waals surface area (Å²) in [7, 11) is 0. The van der Waals surface area contributed by atoms with E-state index in [-0.39, 0.29) is 11.7 Å². The summed E-state index contributed by atoms with van der Waals surface area (Å²) in [5.41, 5.74) is 1.82. The van der Waals surface area contributed by atoms with Gasteiger partial charge in [-0.1, -0.05) is 6.07 Å². The highest BCUT2D eigenvalue weighted by Crippen LogP contribution is 2.18. The zero-order chi connectivity index (χ0) is 14.5. The molecule has 1 amide bonds. The van der Waals surface area contributed by atoms with E-state index in [2.05, 4.69) is 32.9 Å². The van der Waals surface area contributed by atoms with Crippen LogP contribution in [0.15, 0.2) is 36.7 Å². The molecule has 0 unspecified atom stereocenters. The molecule has 0 saturated carbocycles. The fourth-order valence-electron chi connectivity index (χ4n) is 1.92. The van der Waals surface area contributed by atoms with Crippen LogP contribution in [-0.2, 0) is 6.42 Å². The first kappa shape index (κ1) is 14.9. The standard InChI is InChI=1S/C15H14FIN2O/c1-2-19-15(20)13-5-6-18-9-11(13)7-10-3-4-12(17)8-14(10)16/h3-6,8-9H,2,7H2,1H3,(H,19,20). The monoisotopic (exact) mass is 384 g/mol. The van der Waals surface area contributed by atoms with Gasteiger partial charge in [0.15, 0.2) is 0 Å². The van der Waals surface area contributed by atoms with Crippen molar-refractivity contribution in [3.05, 3.63) is 62.7 Å². The smallest absolute Gasteiger partial charge is 0.251 e. The van der Waals surface area contributed by atoms with Gasteiger partial charge in [-0.2, -0.15) is 0 Å². The molecule has 0 aliphatic carbocycles. The minimum atomic E-state index is -0.261. The molecule has 0 fully saturated rings. The molecular weight excluding hydrogens is 370 g/mol. The SMILES string of the molecule is CCNC(=O)c1ccncc1Cc1ccc(I)cc1F. The van der Waals surface area contributed by atoms with Crippen molar-refractivity contribution in [2.45, 2.75) is 13.3 Å². The van der Waals surface area contributed by atoms with Crippen molar-refractivity contribution in [2.75, 3.05) is 6.54 Å². The van der Waals surface area contributed by atoms with E-state index in [9.17, 15) is 9.18 Å². The van der Waals surface area contributed by atoms with E-state index in [1.54, 1.807) is 24.5 Å². The molecule has 0 spiro atoms. The van der Waals surface area contributed by atoms with Gasteiger partial charge in [0, 0.05) is 34.5 Å². The second-order valence-electron chi connectivity index (χ2n) is 4.30. The molecule has 3 nitrogen and oxygen atoms in total. The Bertz CT molecular complexity index is 631. The summed E-state index contributed by atoms with van der Waals surface area (Å²) in [6.07, 6.45) is 3.53. The number of carbonyl (C=O) groups is 1. The van der Waals surface area contributed by atoms with Crippen molar-refractivity contribution in [1.29, 1.82) is 0 Å².